The first kappa shape index (κ1) is 13.3. The summed E-state index contributed by atoms with van der Waals surface area (Å²) in [6, 6.07) is 0. The Morgan fingerprint density at radius 3 is 2.25 bits per heavy atom. The van der Waals surface area contributed by atoms with Crippen LogP contribution in [-0.4, -0.2) is 29.2 Å². The Balaban J connectivity index is 1.53. The number of amides is 2. The smallest absolute Gasteiger partial charge is 0.233 e. The summed E-state index contributed by atoms with van der Waals surface area (Å²) in [4.78, 5) is 36.4. The summed E-state index contributed by atoms with van der Waals surface area (Å²) in [6.45, 7) is 0.428. The highest BCUT2D eigenvalue weighted by Gasteiger charge is 2.58. The summed E-state index contributed by atoms with van der Waals surface area (Å²) < 4.78 is 0. The molecular weight excluding hydrogens is 258 g/mol. The van der Waals surface area contributed by atoms with Gasteiger partial charge in [-0.25, -0.2) is 0 Å². The predicted octanol–water partition coefficient (Wildman–Crippen LogP) is 0.104. The number of rotatable bonds is 6. The number of carbonyl (C=O) groups excluding carboxylic acids is 3. The number of hydrogen-bond acceptors (Lipinski definition) is 4. The van der Waals surface area contributed by atoms with E-state index in [2.05, 4.69) is 12.2 Å². The molecule has 3 rings (SSSR count). The Morgan fingerprint density at radius 2 is 1.70 bits per heavy atom. The number of fused-ring (bicyclic) bond motifs is 5. The monoisotopic (exact) mass is 276 g/mol. The van der Waals surface area contributed by atoms with Crippen molar-refractivity contribution in [3.05, 3.63) is 12.2 Å². The maximum absolute atomic E-state index is 12.3. The second-order valence-electron chi connectivity index (χ2n) is 6.01. The van der Waals surface area contributed by atoms with E-state index >= 15 is 0 Å². The summed E-state index contributed by atoms with van der Waals surface area (Å²) in [7, 11) is 0. The minimum Gasteiger partial charge on any atom is -0.550 e. The number of unbranched alkanes of at least 4 members (excludes halogenated alkanes) is 2. The molecule has 0 aromatic rings. The molecular formula is C15H18NO4-. The van der Waals surface area contributed by atoms with Gasteiger partial charge in [-0.15, -0.1) is 0 Å². The van der Waals surface area contributed by atoms with Crippen LogP contribution >= 0.6 is 0 Å². The first-order valence-corrected chi connectivity index (χ1v) is 7.33. The molecule has 0 aromatic heterocycles. The van der Waals surface area contributed by atoms with E-state index in [1.165, 1.54) is 4.90 Å². The average molecular weight is 276 g/mol. The van der Waals surface area contributed by atoms with Gasteiger partial charge in [0, 0.05) is 12.5 Å². The van der Waals surface area contributed by atoms with Crippen molar-refractivity contribution in [3.63, 3.8) is 0 Å². The van der Waals surface area contributed by atoms with Gasteiger partial charge in [-0.2, -0.15) is 0 Å². The summed E-state index contributed by atoms with van der Waals surface area (Å²) in [5.74, 6) is -0.820. The van der Waals surface area contributed by atoms with Gasteiger partial charge in [0.1, 0.15) is 0 Å². The topological polar surface area (TPSA) is 77.5 Å². The quantitative estimate of drug-likeness (QED) is 0.392. The molecule has 1 saturated heterocycles. The second-order valence-corrected chi connectivity index (χ2v) is 6.01. The van der Waals surface area contributed by atoms with Gasteiger partial charge in [-0.3, -0.25) is 14.5 Å². The third-order valence-electron chi connectivity index (χ3n) is 4.82. The molecule has 2 fully saturated rings. The molecule has 5 heteroatoms. The highest BCUT2D eigenvalue weighted by Crippen LogP contribution is 2.52. The van der Waals surface area contributed by atoms with Crippen molar-refractivity contribution < 1.29 is 19.5 Å². The summed E-state index contributed by atoms with van der Waals surface area (Å²) in [5.41, 5.74) is 0. The maximum Gasteiger partial charge on any atom is 0.233 e. The van der Waals surface area contributed by atoms with Crippen LogP contribution in [0.3, 0.4) is 0 Å². The largest absolute Gasteiger partial charge is 0.550 e. The van der Waals surface area contributed by atoms with Gasteiger partial charge >= 0.3 is 0 Å². The first-order valence-electron chi connectivity index (χ1n) is 7.33. The van der Waals surface area contributed by atoms with Crippen LogP contribution < -0.4 is 5.11 Å². The normalized spacial score (nSPS) is 34.1. The second kappa shape index (κ2) is 5.04. The molecule has 1 aliphatic heterocycles. The molecule has 0 unspecified atom stereocenters. The third-order valence-corrected chi connectivity index (χ3v) is 4.82. The molecule has 5 nitrogen and oxygen atoms in total. The molecule has 4 atom stereocenters. The number of aliphatic carboxylic acids is 1. The van der Waals surface area contributed by atoms with Crippen LogP contribution in [0, 0.1) is 23.7 Å². The molecule has 0 radical (unpaired) electrons. The average Bonchev–Trinajstić information content (AvgIpc) is 3.06. The lowest BCUT2D eigenvalue weighted by Gasteiger charge is -2.17. The van der Waals surface area contributed by atoms with E-state index in [0.29, 0.717) is 25.8 Å². The highest BCUT2D eigenvalue weighted by atomic mass is 16.4. The van der Waals surface area contributed by atoms with Gasteiger partial charge in [0.15, 0.2) is 0 Å². The highest BCUT2D eigenvalue weighted by molar-refractivity contribution is 6.06. The van der Waals surface area contributed by atoms with Crippen molar-refractivity contribution in [2.24, 2.45) is 23.7 Å². The zero-order valence-electron chi connectivity index (χ0n) is 11.3. The van der Waals surface area contributed by atoms with Crippen LogP contribution in [0.2, 0.25) is 0 Å². The van der Waals surface area contributed by atoms with Crippen LogP contribution in [0.1, 0.15) is 32.1 Å². The first-order chi connectivity index (χ1) is 9.59. The van der Waals surface area contributed by atoms with Gasteiger partial charge in [-0.1, -0.05) is 18.6 Å². The molecule has 2 amide bonds. The van der Waals surface area contributed by atoms with E-state index in [1.807, 2.05) is 0 Å². The summed E-state index contributed by atoms with van der Waals surface area (Å²) in [6.07, 6.45) is 7.07. The fourth-order valence-electron chi connectivity index (χ4n) is 3.90. The van der Waals surface area contributed by atoms with Crippen molar-refractivity contribution in [1.29, 1.82) is 0 Å². The predicted molar refractivity (Wildman–Crippen MR) is 67.9 cm³/mol. The molecule has 0 N–H and O–H groups in total. The maximum atomic E-state index is 12.3. The van der Waals surface area contributed by atoms with E-state index in [1.54, 1.807) is 0 Å². The van der Waals surface area contributed by atoms with Crippen LogP contribution in [0.5, 0.6) is 0 Å². The van der Waals surface area contributed by atoms with Crippen LogP contribution in [-0.2, 0) is 14.4 Å². The van der Waals surface area contributed by atoms with Crippen LogP contribution in [0.4, 0.5) is 0 Å². The van der Waals surface area contributed by atoms with E-state index in [9.17, 15) is 19.5 Å². The van der Waals surface area contributed by atoms with Crippen molar-refractivity contribution >= 4 is 17.8 Å². The van der Waals surface area contributed by atoms with Crippen molar-refractivity contribution in [2.75, 3.05) is 6.54 Å². The van der Waals surface area contributed by atoms with E-state index < -0.39 is 5.97 Å². The number of nitrogens with zero attached hydrogens (tertiary/aromatic N) is 1. The zero-order chi connectivity index (χ0) is 14.3. The number of carbonyl (C=O) groups is 3. The number of carboxylic acids is 1. The lowest BCUT2D eigenvalue weighted by Crippen LogP contribution is -2.33. The molecule has 0 spiro atoms. The molecule has 2 aliphatic carbocycles. The van der Waals surface area contributed by atoms with Crippen molar-refractivity contribution in [2.45, 2.75) is 32.1 Å². The number of allylic oxidation sites excluding steroid dienone is 2. The van der Waals surface area contributed by atoms with Gasteiger partial charge in [-0.05, 0) is 37.5 Å². The Hall–Kier alpha value is -1.65. The Morgan fingerprint density at radius 1 is 1.10 bits per heavy atom. The molecule has 20 heavy (non-hydrogen) atoms. The molecule has 1 heterocycles. The summed E-state index contributed by atoms with van der Waals surface area (Å²) in [5, 5.41) is 10.3. The fraction of sp³-hybridized carbons (Fsp3) is 0.667. The van der Waals surface area contributed by atoms with Gasteiger partial charge in [0.25, 0.3) is 0 Å². The van der Waals surface area contributed by atoms with Crippen molar-refractivity contribution in [1.82, 2.24) is 4.90 Å². The lowest BCUT2D eigenvalue weighted by molar-refractivity contribution is -0.305. The Bertz CT molecular complexity index is 454. The number of imide groups is 1. The number of carboxylic acid groups (broad SMARTS) is 1. The SMILES string of the molecule is O=C([O-])CCCCCN1C(=O)[C@H]2[C@H](C1=O)[C@@H]1C=C[C@@H]2C1. The zero-order valence-corrected chi connectivity index (χ0v) is 11.3. The lowest BCUT2D eigenvalue weighted by atomic mass is 9.85. The molecule has 0 aromatic carbocycles. The van der Waals surface area contributed by atoms with Gasteiger partial charge in [0.05, 0.1) is 11.8 Å². The number of hydrogen-bond donors (Lipinski definition) is 0. The van der Waals surface area contributed by atoms with Crippen LogP contribution in [0.25, 0.3) is 0 Å². The third kappa shape index (κ3) is 2.05. The van der Waals surface area contributed by atoms with E-state index in [0.717, 1.165) is 6.42 Å². The minimum absolute atomic E-state index is 0.0169. The Kier molecular flexibility index (Phi) is 3.36. The molecule has 2 bridgehead atoms. The molecule has 3 aliphatic rings. The molecule has 108 valence electrons. The number of likely N-dealkylation sites (tertiary alicyclic amines) is 1. The van der Waals surface area contributed by atoms with Crippen LogP contribution in [0.15, 0.2) is 12.2 Å². The molecule has 1 saturated carbocycles. The fourth-order valence-corrected chi connectivity index (χ4v) is 3.90. The Labute approximate surface area is 117 Å². The standard InChI is InChI=1S/C15H19NO4/c17-11(18)4-2-1-3-7-16-14(19)12-9-5-6-10(8-9)13(12)15(16)20/h5-6,9-10,12-13H,1-4,7-8H2,(H,17,18)/p-1/t9-,10-,12-,13-/m1/s1. The van der Waals surface area contributed by atoms with Gasteiger partial charge < -0.3 is 9.90 Å². The van der Waals surface area contributed by atoms with Gasteiger partial charge in [0.2, 0.25) is 11.8 Å². The van der Waals surface area contributed by atoms with Crippen molar-refractivity contribution in [3.8, 4) is 0 Å². The van der Waals surface area contributed by atoms with E-state index in [4.69, 9.17) is 0 Å². The summed E-state index contributed by atoms with van der Waals surface area (Å²) >= 11 is 0. The van der Waals surface area contributed by atoms with E-state index in [-0.39, 0.29) is 41.9 Å². The minimum atomic E-state index is -1.05.